The number of esters is 1. The van der Waals surface area contributed by atoms with Gasteiger partial charge in [0.25, 0.3) is 0 Å². The van der Waals surface area contributed by atoms with Crippen LogP contribution in [0.5, 0.6) is 0 Å². The van der Waals surface area contributed by atoms with Gasteiger partial charge in [0.15, 0.2) is 0 Å². The van der Waals surface area contributed by atoms with Crippen molar-refractivity contribution < 1.29 is 19.4 Å². The number of likely N-dealkylation sites (tertiary alicyclic amines) is 1. The lowest BCUT2D eigenvalue weighted by molar-refractivity contribution is -0.140. The van der Waals surface area contributed by atoms with Crippen LogP contribution in [0.25, 0.3) is 0 Å². The summed E-state index contributed by atoms with van der Waals surface area (Å²) in [4.78, 5) is 25.1. The van der Waals surface area contributed by atoms with Gasteiger partial charge in [0.2, 0.25) is 5.91 Å². The first-order chi connectivity index (χ1) is 13.0. The average Bonchev–Trinajstić information content (AvgIpc) is 3.02. The fraction of sp³-hybridized carbons (Fsp3) is 0.727. The highest BCUT2D eigenvalue weighted by molar-refractivity contribution is 5.79. The van der Waals surface area contributed by atoms with Crippen LogP contribution in [0.3, 0.4) is 0 Å². The van der Waals surface area contributed by atoms with Crippen molar-refractivity contribution in [3.05, 3.63) is 12.2 Å². The SMILES string of the molecule is CCC#CC[C@H](C)[C@@H](O)/C=C/[C@H]1CCC(=O)N1CCCCCCC(=O)OC. The maximum atomic E-state index is 12.1. The van der Waals surface area contributed by atoms with Crippen LogP contribution in [0.1, 0.15) is 71.6 Å². The van der Waals surface area contributed by atoms with E-state index in [0.717, 1.165) is 45.1 Å². The summed E-state index contributed by atoms with van der Waals surface area (Å²) in [6, 6.07) is 0.0798. The summed E-state index contributed by atoms with van der Waals surface area (Å²) in [7, 11) is 1.41. The van der Waals surface area contributed by atoms with Crippen LogP contribution in [0, 0.1) is 17.8 Å². The highest BCUT2D eigenvalue weighted by Gasteiger charge is 2.28. The number of hydrogen-bond acceptors (Lipinski definition) is 4. The monoisotopic (exact) mass is 377 g/mol. The molecule has 1 fully saturated rings. The van der Waals surface area contributed by atoms with E-state index in [2.05, 4.69) is 16.6 Å². The lowest BCUT2D eigenvalue weighted by atomic mass is 10.00. The van der Waals surface area contributed by atoms with Gasteiger partial charge in [-0.05, 0) is 25.2 Å². The Balaban J connectivity index is 2.37. The predicted molar refractivity (Wildman–Crippen MR) is 107 cm³/mol. The third kappa shape index (κ3) is 9.10. The van der Waals surface area contributed by atoms with Crippen molar-refractivity contribution in [1.29, 1.82) is 0 Å². The zero-order valence-corrected chi connectivity index (χ0v) is 17.1. The number of rotatable bonds is 11. The van der Waals surface area contributed by atoms with Gasteiger partial charge in [0, 0.05) is 32.2 Å². The van der Waals surface area contributed by atoms with Crippen LogP contribution in [0.4, 0.5) is 0 Å². The summed E-state index contributed by atoms with van der Waals surface area (Å²) in [5.74, 6) is 6.22. The molecular weight excluding hydrogens is 342 g/mol. The van der Waals surface area contributed by atoms with Crippen LogP contribution < -0.4 is 0 Å². The largest absolute Gasteiger partial charge is 0.469 e. The van der Waals surface area contributed by atoms with E-state index >= 15 is 0 Å². The van der Waals surface area contributed by atoms with Crippen molar-refractivity contribution in [3.63, 3.8) is 0 Å². The summed E-state index contributed by atoms with van der Waals surface area (Å²) >= 11 is 0. The number of hydrogen-bond donors (Lipinski definition) is 1. The molecule has 0 saturated carbocycles. The molecule has 0 aromatic rings. The van der Waals surface area contributed by atoms with Gasteiger partial charge in [-0.1, -0.05) is 38.8 Å². The summed E-state index contributed by atoms with van der Waals surface area (Å²) in [6.07, 6.45) is 10.4. The molecule has 0 unspecified atom stereocenters. The molecule has 0 bridgehead atoms. The molecule has 1 N–H and O–H groups in total. The molecule has 1 aliphatic rings. The van der Waals surface area contributed by atoms with Gasteiger partial charge in [0.05, 0.1) is 19.3 Å². The van der Waals surface area contributed by atoms with E-state index in [1.165, 1.54) is 7.11 Å². The predicted octanol–water partition coefficient (Wildman–Crippen LogP) is 3.46. The number of carbonyl (C=O) groups excluding carboxylic acids is 2. The number of methoxy groups -OCH3 is 1. The number of ether oxygens (including phenoxy) is 1. The van der Waals surface area contributed by atoms with Crippen LogP contribution in [-0.4, -0.2) is 47.7 Å². The minimum absolute atomic E-state index is 0.0798. The van der Waals surface area contributed by atoms with E-state index in [1.54, 1.807) is 0 Å². The lowest BCUT2D eigenvalue weighted by Crippen LogP contribution is -2.33. The normalized spacial score (nSPS) is 19.0. The fourth-order valence-corrected chi connectivity index (χ4v) is 3.16. The first-order valence-electron chi connectivity index (χ1n) is 10.2. The first kappa shape index (κ1) is 23.2. The molecule has 0 spiro atoms. The standard InChI is InChI=1S/C22H35NO4/c1-4-5-8-11-18(2)20(24)15-13-19-14-16-21(25)23(19)17-10-7-6-9-12-22(26)27-3/h13,15,18-20,24H,4,6-7,9-12,14,16-17H2,1-3H3/b15-13+/t18-,19-,20-/m0/s1. The quantitative estimate of drug-likeness (QED) is 0.259. The number of aliphatic hydroxyl groups excluding tert-OH is 1. The zero-order valence-electron chi connectivity index (χ0n) is 17.1. The molecule has 3 atom stereocenters. The molecule has 1 amide bonds. The number of nitrogens with zero attached hydrogens (tertiary/aromatic N) is 1. The van der Waals surface area contributed by atoms with Gasteiger partial charge >= 0.3 is 5.97 Å². The van der Waals surface area contributed by atoms with Crippen molar-refractivity contribution in [2.45, 2.75) is 83.8 Å². The molecule has 0 aromatic heterocycles. The number of carbonyl (C=O) groups is 2. The molecule has 27 heavy (non-hydrogen) atoms. The third-order valence-electron chi connectivity index (χ3n) is 4.97. The van der Waals surface area contributed by atoms with E-state index in [4.69, 9.17) is 0 Å². The molecule has 0 aromatic carbocycles. The van der Waals surface area contributed by atoms with Gasteiger partial charge in [-0.3, -0.25) is 9.59 Å². The van der Waals surface area contributed by atoms with Gasteiger partial charge in [0.1, 0.15) is 0 Å². The van der Waals surface area contributed by atoms with Crippen LogP contribution in [-0.2, 0) is 14.3 Å². The van der Waals surface area contributed by atoms with Crippen LogP contribution >= 0.6 is 0 Å². The van der Waals surface area contributed by atoms with Gasteiger partial charge in [-0.2, -0.15) is 0 Å². The average molecular weight is 378 g/mol. The van der Waals surface area contributed by atoms with E-state index in [1.807, 2.05) is 30.9 Å². The highest BCUT2D eigenvalue weighted by atomic mass is 16.5. The molecule has 5 nitrogen and oxygen atoms in total. The lowest BCUT2D eigenvalue weighted by Gasteiger charge is -2.23. The second kappa shape index (κ2) is 13.4. The summed E-state index contributed by atoms with van der Waals surface area (Å²) in [5.41, 5.74) is 0. The summed E-state index contributed by atoms with van der Waals surface area (Å²) < 4.78 is 4.63. The Morgan fingerprint density at radius 1 is 1.33 bits per heavy atom. The maximum Gasteiger partial charge on any atom is 0.305 e. The van der Waals surface area contributed by atoms with Crippen LogP contribution in [0.15, 0.2) is 12.2 Å². The molecule has 1 rings (SSSR count). The molecule has 1 saturated heterocycles. The van der Waals surface area contributed by atoms with Crippen molar-refractivity contribution in [3.8, 4) is 11.8 Å². The molecule has 0 aliphatic carbocycles. The Morgan fingerprint density at radius 2 is 2.07 bits per heavy atom. The van der Waals surface area contributed by atoms with Gasteiger partial charge in [-0.25, -0.2) is 0 Å². The smallest absolute Gasteiger partial charge is 0.305 e. The summed E-state index contributed by atoms with van der Waals surface area (Å²) in [6.45, 7) is 4.74. The first-order valence-corrected chi connectivity index (χ1v) is 10.2. The van der Waals surface area contributed by atoms with E-state index < -0.39 is 6.10 Å². The Bertz CT molecular complexity index is 546. The Morgan fingerprint density at radius 3 is 2.78 bits per heavy atom. The highest BCUT2D eigenvalue weighted by Crippen LogP contribution is 2.22. The number of amides is 1. The van der Waals surface area contributed by atoms with E-state index in [9.17, 15) is 14.7 Å². The molecule has 5 heteroatoms. The fourth-order valence-electron chi connectivity index (χ4n) is 3.16. The van der Waals surface area contributed by atoms with E-state index in [-0.39, 0.29) is 23.8 Å². The topological polar surface area (TPSA) is 66.8 Å². The van der Waals surface area contributed by atoms with Crippen molar-refractivity contribution in [2.75, 3.05) is 13.7 Å². The Hall–Kier alpha value is -1.80. The number of unbranched alkanes of at least 4 members (excludes halogenated alkanes) is 3. The summed E-state index contributed by atoms with van der Waals surface area (Å²) in [5, 5.41) is 10.3. The van der Waals surface area contributed by atoms with Crippen LogP contribution in [0.2, 0.25) is 0 Å². The van der Waals surface area contributed by atoms with Crippen molar-refractivity contribution in [1.82, 2.24) is 4.90 Å². The third-order valence-corrected chi connectivity index (χ3v) is 4.97. The zero-order chi connectivity index (χ0) is 20.1. The molecule has 1 heterocycles. The second-order valence-corrected chi connectivity index (χ2v) is 7.20. The van der Waals surface area contributed by atoms with Crippen molar-refractivity contribution >= 4 is 11.9 Å². The van der Waals surface area contributed by atoms with Crippen molar-refractivity contribution in [2.24, 2.45) is 5.92 Å². The van der Waals surface area contributed by atoms with Gasteiger partial charge in [-0.15, -0.1) is 11.8 Å². The van der Waals surface area contributed by atoms with E-state index in [0.29, 0.717) is 19.3 Å². The minimum atomic E-state index is -0.535. The maximum absolute atomic E-state index is 12.1. The Kier molecular flexibility index (Phi) is 11.5. The Labute approximate surface area is 164 Å². The van der Waals surface area contributed by atoms with Gasteiger partial charge < -0.3 is 14.7 Å². The second-order valence-electron chi connectivity index (χ2n) is 7.20. The molecular formula is C22H35NO4. The molecule has 152 valence electrons. The molecule has 0 radical (unpaired) electrons. The minimum Gasteiger partial charge on any atom is -0.469 e. The number of aliphatic hydroxyl groups is 1. The molecule has 1 aliphatic heterocycles.